The highest BCUT2D eigenvalue weighted by atomic mass is 16.2. The molecule has 1 amide bonds. The quantitative estimate of drug-likeness (QED) is 0.792. The normalized spacial score (nSPS) is 15.3. The summed E-state index contributed by atoms with van der Waals surface area (Å²) in [4.78, 5) is 13.5. The number of amides is 1. The molecule has 0 saturated heterocycles. The van der Waals surface area contributed by atoms with Crippen LogP contribution in [0.15, 0.2) is 18.2 Å². The monoisotopic (exact) mass is 204 g/mol. The van der Waals surface area contributed by atoms with Gasteiger partial charge in [-0.2, -0.15) is 0 Å². The van der Waals surface area contributed by atoms with E-state index in [1.165, 1.54) is 5.56 Å². The van der Waals surface area contributed by atoms with Gasteiger partial charge in [0.15, 0.2) is 0 Å². The molecule has 2 N–H and O–H groups in total. The van der Waals surface area contributed by atoms with Gasteiger partial charge in [0.05, 0.1) is 0 Å². The number of carbonyl (C=O) groups is 1. The Balaban J connectivity index is 2.42. The first-order valence-corrected chi connectivity index (χ1v) is 5.38. The van der Waals surface area contributed by atoms with Crippen LogP contribution in [-0.4, -0.2) is 12.5 Å². The minimum absolute atomic E-state index is 0.227. The van der Waals surface area contributed by atoms with Crippen molar-refractivity contribution in [2.45, 2.75) is 26.3 Å². The van der Waals surface area contributed by atoms with E-state index in [-0.39, 0.29) is 5.91 Å². The molecule has 2 rings (SSSR count). The van der Waals surface area contributed by atoms with Gasteiger partial charge in [0.2, 0.25) is 5.91 Å². The topological polar surface area (TPSA) is 46.3 Å². The summed E-state index contributed by atoms with van der Waals surface area (Å²) in [6.07, 6.45) is 1.47. The predicted octanol–water partition coefficient (Wildman–Crippen LogP) is 1.44. The second kappa shape index (κ2) is 4.03. The second-order valence-electron chi connectivity index (χ2n) is 3.81. The van der Waals surface area contributed by atoms with Crippen LogP contribution in [0.4, 0.5) is 5.69 Å². The first kappa shape index (κ1) is 10.2. The fourth-order valence-corrected chi connectivity index (χ4v) is 2.09. The van der Waals surface area contributed by atoms with E-state index in [9.17, 15) is 4.79 Å². The molecular weight excluding hydrogens is 188 g/mol. The molecule has 1 aliphatic rings. The number of anilines is 1. The maximum absolute atomic E-state index is 11.6. The molecule has 1 aromatic rings. The maximum Gasteiger partial charge on any atom is 0.227 e. The summed E-state index contributed by atoms with van der Waals surface area (Å²) in [6.45, 7) is 3.31. The Labute approximate surface area is 89.9 Å². The van der Waals surface area contributed by atoms with Crippen molar-refractivity contribution >= 4 is 11.6 Å². The van der Waals surface area contributed by atoms with Crippen LogP contribution in [0.2, 0.25) is 0 Å². The third-order valence-electron chi connectivity index (χ3n) is 2.90. The lowest BCUT2D eigenvalue weighted by atomic mass is 9.99. The van der Waals surface area contributed by atoms with E-state index in [1.54, 1.807) is 0 Å². The van der Waals surface area contributed by atoms with Crippen molar-refractivity contribution < 1.29 is 4.79 Å². The summed E-state index contributed by atoms with van der Waals surface area (Å²) in [5.74, 6) is 0.227. The molecule has 0 bridgehead atoms. The molecule has 0 aromatic heterocycles. The van der Waals surface area contributed by atoms with Crippen molar-refractivity contribution in [3.63, 3.8) is 0 Å². The number of aryl methyl sites for hydroxylation is 1. The van der Waals surface area contributed by atoms with Gasteiger partial charge < -0.3 is 10.6 Å². The molecule has 0 saturated carbocycles. The minimum atomic E-state index is 0.227. The molecule has 0 atom stereocenters. The Morgan fingerprint density at radius 3 is 2.87 bits per heavy atom. The van der Waals surface area contributed by atoms with Crippen LogP contribution in [0.25, 0.3) is 0 Å². The van der Waals surface area contributed by atoms with Crippen molar-refractivity contribution in [3.05, 3.63) is 29.3 Å². The van der Waals surface area contributed by atoms with E-state index in [0.29, 0.717) is 13.0 Å². The zero-order valence-electron chi connectivity index (χ0n) is 8.99. The average Bonchev–Trinajstić information content (AvgIpc) is 2.28. The molecule has 3 heteroatoms. The second-order valence-corrected chi connectivity index (χ2v) is 3.81. The average molecular weight is 204 g/mol. The maximum atomic E-state index is 11.6. The summed E-state index contributed by atoms with van der Waals surface area (Å²) in [6, 6.07) is 6.13. The highest BCUT2D eigenvalue weighted by Gasteiger charge is 2.22. The van der Waals surface area contributed by atoms with Crippen LogP contribution in [0, 0.1) is 0 Å². The lowest BCUT2D eigenvalue weighted by Crippen LogP contribution is -2.34. The van der Waals surface area contributed by atoms with Gasteiger partial charge in [0.1, 0.15) is 0 Å². The van der Waals surface area contributed by atoms with Crippen LogP contribution in [0.3, 0.4) is 0 Å². The van der Waals surface area contributed by atoms with Crippen molar-refractivity contribution in [2.75, 3.05) is 11.4 Å². The Bertz CT molecular complexity index is 387. The lowest BCUT2D eigenvalue weighted by molar-refractivity contribution is -0.118. The van der Waals surface area contributed by atoms with Crippen molar-refractivity contribution in [1.82, 2.24) is 0 Å². The van der Waals surface area contributed by atoms with E-state index in [2.05, 4.69) is 6.07 Å². The van der Waals surface area contributed by atoms with Crippen LogP contribution >= 0.6 is 0 Å². The van der Waals surface area contributed by atoms with Crippen molar-refractivity contribution in [1.29, 1.82) is 0 Å². The summed E-state index contributed by atoms with van der Waals surface area (Å²) >= 11 is 0. The summed E-state index contributed by atoms with van der Waals surface area (Å²) in [7, 11) is 0. The zero-order chi connectivity index (χ0) is 10.8. The number of hydrogen-bond acceptors (Lipinski definition) is 2. The number of rotatable bonds is 2. The number of benzene rings is 1. The van der Waals surface area contributed by atoms with Crippen LogP contribution < -0.4 is 10.6 Å². The van der Waals surface area contributed by atoms with E-state index in [4.69, 9.17) is 5.73 Å². The van der Waals surface area contributed by atoms with Gasteiger partial charge in [-0.25, -0.2) is 0 Å². The minimum Gasteiger partial charge on any atom is -0.326 e. The van der Waals surface area contributed by atoms with E-state index >= 15 is 0 Å². The fraction of sp³-hybridized carbons (Fsp3) is 0.417. The first-order chi connectivity index (χ1) is 7.26. The van der Waals surface area contributed by atoms with E-state index in [0.717, 1.165) is 24.2 Å². The molecule has 0 fully saturated rings. The van der Waals surface area contributed by atoms with Gasteiger partial charge in [-0.1, -0.05) is 12.1 Å². The fourth-order valence-electron chi connectivity index (χ4n) is 2.09. The third-order valence-corrected chi connectivity index (χ3v) is 2.90. The van der Waals surface area contributed by atoms with Gasteiger partial charge in [-0.15, -0.1) is 0 Å². The summed E-state index contributed by atoms with van der Waals surface area (Å²) in [5, 5.41) is 0. The van der Waals surface area contributed by atoms with Gasteiger partial charge in [0, 0.05) is 25.2 Å². The highest BCUT2D eigenvalue weighted by molar-refractivity contribution is 5.96. The lowest BCUT2D eigenvalue weighted by Gasteiger charge is -2.28. The largest absolute Gasteiger partial charge is 0.326 e. The molecule has 0 spiro atoms. The Morgan fingerprint density at radius 1 is 1.40 bits per heavy atom. The van der Waals surface area contributed by atoms with Crippen molar-refractivity contribution in [3.8, 4) is 0 Å². The molecule has 0 unspecified atom stereocenters. The highest BCUT2D eigenvalue weighted by Crippen LogP contribution is 2.28. The molecule has 80 valence electrons. The van der Waals surface area contributed by atoms with Crippen LogP contribution in [0.1, 0.15) is 24.5 Å². The van der Waals surface area contributed by atoms with Crippen molar-refractivity contribution in [2.24, 2.45) is 5.73 Å². The van der Waals surface area contributed by atoms with Crippen LogP contribution in [-0.2, 0) is 17.8 Å². The number of hydrogen-bond donors (Lipinski definition) is 1. The molecule has 1 heterocycles. The zero-order valence-corrected chi connectivity index (χ0v) is 8.99. The molecule has 0 aliphatic carbocycles. The number of carbonyl (C=O) groups excluding carboxylic acids is 1. The van der Waals surface area contributed by atoms with Crippen LogP contribution in [0.5, 0.6) is 0 Å². The standard InChI is InChI=1S/C12H16N2O/c1-2-14-11-5-3-9(8-13)7-10(11)4-6-12(14)15/h3,5,7H,2,4,6,8,13H2,1H3. The molecule has 1 aromatic carbocycles. The number of nitrogens with two attached hydrogens (primary N) is 1. The van der Waals surface area contributed by atoms with Gasteiger partial charge >= 0.3 is 0 Å². The number of nitrogens with zero attached hydrogens (tertiary/aromatic N) is 1. The van der Waals surface area contributed by atoms with Gasteiger partial charge in [0.25, 0.3) is 0 Å². The first-order valence-electron chi connectivity index (χ1n) is 5.38. The summed E-state index contributed by atoms with van der Waals surface area (Å²) in [5.41, 5.74) is 9.05. The Kier molecular flexibility index (Phi) is 2.73. The van der Waals surface area contributed by atoms with Gasteiger partial charge in [-0.05, 0) is 30.5 Å². The van der Waals surface area contributed by atoms with E-state index < -0.39 is 0 Å². The smallest absolute Gasteiger partial charge is 0.227 e. The predicted molar refractivity (Wildman–Crippen MR) is 60.7 cm³/mol. The molecular formula is C12H16N2O. The molecule has 0 radical (unpaired) electrons. The SMILES string of the molecule is CCN1C(=O)CCc2cc(CN)ccc21. The molecule has 3 nitrogen and oxygen atoms in total. The van der Waals surface area contributed by atoms with Gasteiger partial charge in [-0.3, -0.25) is 4.79 Å². The van der Waals surface area contributed by atoms with E-state index in [1.807, 2.05) is 24.0 Å². The Morgan fingerprint density at radius 2 is 2.20 bits per heavy atom. The summed E-state index contributed by atoms with van der Waals surface area (Å²) < 4.78 is 0. The third kappa shape index (κ3) is 1.75. The molecule has 1 aliphatic heterocycles. The molecule has 15 heavy (non-hydrogen) atoms. The number of fused-ring (bicyclic) bond motifs is 1. The Hall–Kier alpha value is -1.35.